The Hall–Kier alpha value is -2.04. The van der Waals surface area contributed by atoms with Crippen LogP contribution in [0.25, 0.3) is 0 Å². The van der Waals surface area contributed by atoms with Gasteiger partial charge in [0.25, 0.3) is 0 Å². The van der Waals surface area contributed by atoms with Crippen LogP contribution in [-0.2, 0) is 9.53 Å². The second-order valence-electron chi connectivity index (χ2n) is 5.54. The second-order valence-corrected chi connectivity index (χ2v) is 5.54. The third-order valence-corrected chi connectivity index (χ3v) is 3.42. The van der Waals surface area contributed by atoms with Gasteiger partial charge in [-0.3, -0.25) is 9.59 Å². The maximum Gasteiger partial charge on any atom is 0.309 e. The van der Waals surface area contributed by atoms with Crippen molar-refractivity contribution < 1.29 is 23.8 Å². The molecule has 2 rings (SSSR count). The molecule has 1 atom stereocenters. The van der Waals surface area contributed by atoms with Crippen LogP contribution in [0.3, 0.4) is 0 Å². The highest BCUT2D eigenvalue weighted by atomic mass is 16.7. The summed E-state index contributed by atoms with van der Waals surface area (Å²) in [6, 6.07) is 5.07. The average Bonchev–Trinajstić information content (AvgIpc) is 2.92. The Bertz CT molecular complexity index is 535. The highest BCUT2D eigenvalue weighted by Crippen LogP contribution is 2.33. The Morgan fingerprint density at radius 1 is 1.24 bits per heavy atom. The molecule has 5 nitrogen and oxygen atoms in total. The number of hydrogen-bond acceptors (Lipinski definition) is 5. The fourth-order valence-corrected chi connectivity index (χ4v) is 2.41. The van der Waals surface area contributed by atoms with Crippen molar-refractivity contribution in [2.24, 2.45) is 11.8 Å². The van der Waals surface area contributed by atoms with E-state index >= 15 is 0 Å². The molecule has 21 heavy (non-hydrogen) atoms. The lowest BCUT2D eigenvalue weighted by molar-refractivity contribution is -0.145. The minimum atomic E-state index is -0.409. The minimum Gasteiger partial charge on any atom is -0.469 e. The van der Waals surface area contributed by atoms with E-state index in [0.29, 0.717) is 29.4 Å². The molecule has 1 aromatic carbocycles. The number of fused-ring (bicyclic) bond motifs is 1. The van der Waals surface area contributed by atoms with Gasteiger partial charge >= 0.3 is 5.97 Å². The van der Waals surface area contributed by atoms with E-state index in [4.69, 9.17) is 14.2 Å². The lowest BCUT2D eigenvalue weighted by Gasteiger charge is -2.16. The normalized spacial score (nSPS) is 14.1. The van der Waals surface area contributed by atoms with Gasteiger partial charge in [-0.2, -0.15) is 0 Å². The van der Waals surface area contributed by atoms with Gasteiger partial charge in [0.05, 0.1) is 13.0 Å². The van der Waals surface area contributed by atoms with Gasteiger partial charge in [0.1, 0.15) is 0 Å². The van der Waals surface area contributed by atoms with E-state index in [0.717, 1.165) is 0 Å². The number of benzene rings is 1. The van der Waals surface area contributed by atoms with Crippen LogP contribution in [0.15, 0.2) is 18.2 Å². The zero-order valence-electron chi connectivity index (χ0n) is 12.5. The van der Waals surface area contributed by atoms with Gasteiger partial charge in [-0.25, -0.2) is 0 Å². The Morgan fingerprint density at radius 3 is 2.62 bits per heavy atom. The topological polar surface area (TPSA) is 61.8 Å². The van der Waals surface area contributed by atoms with Crippen LogP contribution < -0.4 is 9.47 Å². The molecular formula is C16H20O5. The van der Waals surface area contributed by atoms with Crippen molar-refractivity contribution >= 4 is 11.8 Å². The van der Waals surface area contributed by atoms with E-state index in [2.05, 4.69) is 0 Å². The Labute approximate surface area is 124 Å². The molecule has 0 saturated heterocycles. The van der Waals surface area contributed by atoms with Gasteiger partial charge in [0, 0.05) is 12.0 Å². The van der Waals surface area contributed by atoms with Gasteiger partial charge in [-0.15, -0.1) is 0 Å². The Balaban J connectivity index is 2.09. The van der Waals surface area contributed by atoms with Crippen LogP contribution in [0.1, 0.15) is 37.0 Å². The van der Waals surface area contributed by atoms with Crippen molar-refractivity contribution in [1.82, 2.24) is 0 Å². The zero-order chi connectivity index (χ0) is 15.4. The molecule has 0 radical (unpaired) electrons. The standard InChI is InChI=1S/C16H20O5/c1-10(2)6-12(16(18)19-3)7-13(17)11-4-5-14-15(8-11)21-9-20-14/h4-5,8,10,12H,6-7,9H2,1-3H3/t12-/m0/s1. The van der Waals surface area contributed by atoms with Gasteiger partial charge in [0.15, 0.2) is 17.3 Å². The number of carbonyl (C=O) groups excluding carboxylic acids is 2. The van der Waals surface area contributed by atoms with Crippen LogP contribution in [0.2, 0.25) is 0 Å². The predicted molar refractivity (Wildman–Crippen MR) is 76.5 cm³/mol. The van der Waals surface area contributed by atoms with Crippen molar-refractivity contribution in [1.29, 1.82) is 0 Å². The SMILES string of the molecule is COC(=O)[C@H](CC(=O)c1ccc2c(c1)OCO2)CC(C)C. The first-order valence-electron chi connectivity index (χ1n) is 7.02. The molecule has 1 aliphatic rings. The Kier molecular flexibility index (Phi) is 4.83. The first kappa shape index (κ1) is 15.4. The molecular weight excluding hydrogens is 272 g/mol. The third kappa shape index (κ3) is 3.74. The molecule has 114 valence electrons. The molecule has 0 fully saturated rings. The molecule has 0 N–H and O–H groups in total. The van der Waals surface area contributed by atoms with Crippen molar-refractivity contribution in [3.63, 3.8) is 0 Å². The molecule has 0 aromatic heterocycles. The van der Waals surface area contributed by atoms with Crippen LogP contribution in [0, 0.1) is 11.8 Å². The third-order valence-electron chi connectivity index (χ3n) is 3.42. The van der Waals surface area contributed by atoms with E-state index in [-0.39, 0.29) is 25.0 Å². The summed E-state index contributed by atoms with van der Waals surface area (Å²) in [4.78, 5) is 24.1. The number of methoxy groups -OCH3 is 1. The number of esters is 1. The molecule has 1 aromatic rings. The first-order valence-corrected chi connectivity index (χ1v) is 7.02. The number of Topliss-reactive ketones (excluding diaryl/α,β-unsaturated/α-hetero) is 1. The van der Waals surface area contributed by atoms with E-state index in [9.17, 15) is 9.59 Å². The van der Waals surface area contributed by atoms with Gasteiger partial charge in [0.2, 0.25) is 6.79 Å². The maximum atomic E-state index is 12.4. The molecule has 0 unspecified atom stereocenters. The number of ketones is 1. The largest absolute Gasteiger partial charge is 0.469 e. The lowest BCUT2D eigenvalue weighted by atomic mass is 9.90. The quantitative estimate of drug-likeness (QED) is 0.596. The summed E-state index contributed by atoms with van der Waals surface area (Å²) in [5.41, 5.74) is 0.525. The van der Waals surface area contributed by atoms with Crippen LogP contribution in [-0.4, -0.2) is 25.7 Å². The fraction of sp³-hybridized carbons (Fsp3) is 0.500. The Morgan fingerprint density at radius 2 is 1.95 bits per heavy atom. The molecule has 0 bridgehead atoms. The van der Waals surface area contributed by atoms with Crippen molar-refractivity contribution in [2.45, 2.75) is 26.7 Å². The molecule has 5 heteroatoms. The van der Waals surface area contributed by atoms with E-state index in [1.807, 2.05) is 13.8 Å². The fourth-order valence-electron chi connectivity index (χ4n) is 2.41. The summed E-state index contributed by atoms with van der Waals surface area (Å²) in [7, 11) is 1.35. The van der Waals surface area contributed by atoms with Crippen LogP contribution >= 0.6 is 0 Å². The van der Waals surface area contributed by atoms with Crippen molar-refractivity contribution in [2.75, 3.05) is 13.9 Å². The number of ether oxygens (including phenoxy) is 3. The summed E-state index contributed by atoms with van der Waals surface area (Å²) >= 11 is 0. The lowest BCUT2D eigenvalue weighted by Crippen LogP contribution is -2.21. The zero-order valence-corrected chi connectivity index (χ0v) is 12.5. The number of rotatable bonds is 6. The van der Waals surface area contributed by atoms with Gasteiger partial charge < -0.3 is 14.2 Å². The summed E-state index contributed by atoms with van der Waals surface area (Å²) in [5.74, 6) is 0.686. The van der Waals surface area contributed by atoms with Crippen molar-refractivity contribution in [3.05, 3.63) is 23.8 Å². The van der Waals surface area contributed by atoms with E-state index < -0.39 is 5.92 Å². The maximum absolute atomic E-state index is 12.4. The smallest absolute Gasteiger partial charge is 0.309 e. The first-order chi connectivity index (χ1) is 10.0. The van der Waals surface area contributed by atoms with Gasteiger partial charge in [-0.1, -0.05) is 13.8 Å². The second kappa shape index (κ2) is 6.61. The van der Waals surface area contributed by atoms with Crippen LogP contribution in [0.4, 0.5) is 0 Å². The highest BCUT2D eigenvalue weighted by Gasteiger charge is 2.25. The molecule has 0 aliphatic carbocycles. The highest BCUT2D eigenvalue weighted by molar-refractivity contribution is 5.98. The molecule has 1 heterocycles. The minimum absolute atomic E-state index is 0.0932. The van der Waals surface area contributed by atoms with Gasteiger partial charge in [-0.05, 0) is 30.5 Å². The summed E-state index contributed by atoms with van der Waals surface area (Å²) in [6.07, 6.45) is 0.771. The molecule has 0 spiro atoms. The molecule has 1 aliphatic heterocycles. The summed E-state index contributed by atoms with van der Waals surface area (Å²) in [5, 5.41) is 0. The van der Waals surface area contributed by atoms with Crippen LogP contribution in [0.5, 0.6) is 11.5 Å². The van der Waals surface area contributed by atoms with Crippen molar-refractivity contribution in [3.8, 4) is 11.5 Å². The predicted octanol–water partition coefficient (Wildman–Crippen LogP) is 2.82. The molecule has 0 amide bonds. The number of carbonyl (C=O) groups is 2. The molecule has 0 saturated carbocycles. The van der Waals surface area contributed by atoms with E-state index in [1.165, 1.54) is 7.11 Å². The van der Waals surface area contributed by atoms with E-state index in [1.54, 1.807) is 18.2 Å². The number of hydrogen-bond donors (Lipinski definition) is 0. The summed E-state index contributed by atoms with van der Waals surface area (Å²) in [6.45, 7) is 4.20. The summed E-state index contributed by atoms with van der Waals surface area (Å²) < 4.78 is 15.3. The average molecular weight is 292 g/mol. The monoisotopic (exact) mass is 292 g/mol.